The first kappa shape index (κ1) is 37.1. The van der Waals surface area contributed by atoms with Crippen LogP contribution in [-0.4, -0.2) is 9.97 Å². The fourth-order valence-corrected chi connectivity index (χ4v) is 9.58. The van der Waals surface area contributed by atoms with Crippen molar-refractivity contribution in [1.29, 1.82) is 0 Å². The number of nitrogens with zero attached hydrogens (tertiary/aromatic N) is 3. The molecule has 292 valence electrons. The van der Waals surface area contributed by atoms with Gasteiger partial charge in [0.1, 0.15) is 0 Å². The van der Waals surface area contributed by atoms with Gasteiger partial charge in [-0.2, -0.15) is 0 Å². The third-order valence-electron chi connectivity index (χ3n) is 11.5. The van der Waals surface area contributed by atoms with E-state index in [2.05, 4.69) is 229 Å². The summed E-state index contributed by atoms with van der Waals surface area (Å²) in [6, 6.07) is 84.0. The highest BCUT2D eigenvalue weighted by atomic mass is 32.1. The molecule has 0 radical (unpaired) electrons. The Balaban J connectivity index is 0.979. The van der Waals surface area contributed by atoms with Crippen LogP contribution < -0.4 is 4.90 Å². The lowest BCUT2D eigenvalue weighted by Gasteiger charge is -2.26. The number of fused-ring (bicyclic) bond motifs is 3. The average molecular weight is 810 g/mol. The summed E-state index contributed by atoms with van der Waals surface area (Å²) in [5.41, 5.74) is 15.4. The zero-order valence-corrected chi connectivity index (χ0v) is 34.6. The fourth-order valence-electron chi connectivity index (χ4n) is 8.42. The molecule has 0 fully saturated rings. The smallest absolute Gasteiger partial charge is 0.160 e. The van der Waals surface area contributed by atoms with E-state index < -0.39 is 0 Å². The Bertz CT molecular complexity index is 3250. The number of hydrogen-bond donors (Lipinski definition) is 0. The molecule has 3 nitrogen and oxygen atoms in total. The van der Waals surface area contributed by atoms with Crippen LogP contribution in [0.15, 0.2) is 237 Å². The van der Waals surface area contributed by atoms with Gasteiger partial charge in [-0.3, -0.25) is 0 Å². The van der Waals surface area contributed by atoms with Gasteiger partial charge in [-0.05, 0) is 81.9 Å². The van der Waals surface area contributed by atoms with Gasteiger partial charge in [0.2, 0.25) is 0 Å². The Morgan fingerprint density at radius 3 is 1.42 bits per heavy atom. The summed E-state index contributed by atoms with van der Waals surface area (Å²) in [5, 5.41) is 2.52. The minimum atomic E-state index is 0.706. The normalized spacial score (nSPS) is 11.2. The van der Waals surface area contributed by atoms with Crippen LogP contribution in [0, 0.1) is 0 Å². The minimum Gasteiger partial charge on any atom is -0.310 e. The van der Waals surface area contributed by atoms with Crippen molar-refractivity contribution in [3.05, 3.63) is 237 Å². The molecule has 2 heterocycles. The summed E-state index contributed by atoms with van der Waals surface area (Å²) in [6.45, 7) is 0. The molecule has 62 heavy (non-hydrogen) atoms. The molecule has 0 aliphatic heterocycles. The molecule has 0 atom stereocenters. The van der Waals surface area contributed by atoms with Crippen molar-refractivity contribution in [2.24, 2.45) is 0 Å². The van der Waals surface area contributed by atoms with Gasteiger partial charge >= 0.3 is 0 Å². The van der Waals surface area contributed by atoms with Crippen LogP contribution in [0.2, 0.25) is 0 Å². The highest BCUT2D eigenvalue weighted by Gasteiger charge is 2.18. The molecule has 0 unspecified atom stereocenters. The number of thiophene rings is 1. The molecule has 0 aliphatic rings. The maximum atomic E-state index is 5.08. The first-order chi connectivity index (χ1) is 30.7. The van der Waals surface area contributed by atoms with Crippen molar-refractivity contribution in [3.8, 4) is 67.3 Å². The van der Waals surface area contributed by atoms with Gasteiger partial charge in [-0.1, -0.05) is 188 Å². The number of rotatable bonds is 9. The Morgan fingerprint density at radius 2 is 0.790 bits per heavy atom. The van der Waals surface area contributed by atoms with Crippen molar-refractivity contribution in [1.82, 2.24) is 9.97 Å². The predicted octanol–water partition coefficient (Wildman–Crippen LogP) is 16.3. The Kier molecular flexibility index (Phi) is 9.74. The molecule has 0 N–H and O–H groups in total. The van der Waals surface area contributed by atoms with Crippen LogP contribution in [0.3, 0.4) is 0 Å². The van der Waals surface area contributed by atoms with Gasteiger partial charge in [0, 0.05) is 53.9 Å². The number of benzene rings is 9. The van der Waals surface area contributed by atoms with Gasteiger partial charge in [0.05, 0.1) is 11.4 Å². The number of anilines is 3. The molecule has 0 amide bonds. The topological polar surface area (TPSA) is 29.0 Å². The number of hydrogen-bond acceptors (Lipinski definition) is 4. The summed E-state index contributed by atoms with van der Waals surface area (Å²) in [6.07, 6.45) is 0. The van der Waals surface area contributed by atoms with Crippen molar-refractivity contribution in [2.75, 3.05) is 4.90 Å². The van der Waals surface area contributed by atoms with Crippen molar-refractivity contribution >= 4 is 48.6 Å². The molecule has 11 aromatic rings. The first-order valence-electron chi connectivity index (χ1n) is 20.9. The van der Waals surface area contributed by atoms with E-state index in [9.17, 15) is 0 Å². The molecule has 0 bridgehead atoms. The quantitative estimate of drug-likeness (QED) is 0.145. The summed E-state index contributed by atoms with van der Waals surface area (Å²) >= 11 is 1.84. The first-order valence-corrected chi connectivity index (χ1v) is 21.7. The lowest BCUT2D eigenvalue weighted by molar-refractivity contribution is 1.18. The molecule has 4 heteroatoms. The number of aromatic nitrogens is 2. The SMILES string of the molecule is c1ccc(-c2ccc(N(c3cccc(-c4ccccc4)c3)c3ccc4c(c3)sc3cccc(-c5ccc(-c6nc(-c7ccccc7)cc(-c7ccccc7)n6)cc5)c34)cc2)cc1. The summed E-state index contributed by atoms with van der Waals surface area (Å²) in [7, 11) is 0. The summed E-state index contributed by atoms with van der Waals surface area (Å²) in [4.78, 5) is 12.5. The second kappa shape index (κ2) is 16.3. The second-order valence-electron chi connectivity index (χ2n) is 15.4. The highest BCUT2D eigenvalue weighted by Crippen LogP contribution is 2.44. The van der Waals surface area contributed by atoms with E-state index in [1.165, 1.54) is 48.0 Å². The summed E-state index contributed by atoms with van der Waals surface area (Å²) < 4.78 is 2.50. The molecule has 0 saturated carbocycles. The average Bonchev–Trinajstić information content (AvgIpc) is 3.74. The van der Waals surface area contributed by atoms with E-state index in [1.54, 1.807) is 0 Å². The maximum Gasteiger partial charge on any atom is 0.160 e. The Hall–Kier alpha value is -7.92. The third kappa shape index (κ3) is 7.23. The fraction of sp³-hybridized carbons (Fsp3) is 0. The minimum absolute atomic E-state index is 0.706. The van der Waals surface area contributed by atoms with E-state index >= 15 is 0 Å². The molecule has 0 spiro atoms. The van der Waals surface area contributed by atoms with Gasteiger partial charge in [-0.25, -0.2) is 9.97 Å². The Labute approximate surface area is 365 Å². The van der Waals surface area contributed by atoms with Crippen LogP contribution in [0.25, 0.3) is 87.5 Å². The Morgan fingerprint density at radius 1 is 0.306 bits per heavy atom. The van der Waals surface area contributed by atoms with E-state index in [4.69, 9.17) is 9.97 Å². The predicted molar refractivity (Wildman–Crippen MR) is 262 cm³/mol. The van der Waals surface area contributed by atoms with E-state index in [-0.39, 0.29) is 0 Å². The zero-order valence-electron chi connectivity index (χ0n) is 33.8. The maximum absolute atomic E-state index is 5.08. The molecule has 0 saturated heterocycles. The molecule has 9 aromatic carbocycles. The van der Waals surface area contributed by atoms with Crippen LogP contribution in [0.4, 0.5) is 17.1 Å². The molecule has 11 rings (SSSR count). The standard InChI is InChI=1S/C58H39N3S/c1-5-15-40(16-6-1)42-31-33-48(34-32-42)61(49-24-13-23-47(37-49)41-17-7-2-8-18-41)50-35-36-52-56(38-50)62-55-26-14-25-51(57(52)55)43-27-29-46(30-28-43)58-59-53(44-19-9-3-10-20-44)39-54(60-58)45-21-11-4-12-22-45/h1-39H. The highest BCUT2D eigenvalue weighted by molar-refractivity contribution is 7.26. The van der Waals surface area contributed by atoms with Crippen molar-refractivity contribution in [2.45, 2.75) is 0 Å². The largest absolute Gasteiger partial charge is 0.310 e. The summed E-state index contributed by atoms with van der Waals surface area (Å²) in [5.74, 6) is 0.706. The van der Waals surface area contributed by atoms with Crippen LogP contribution in [0.1, 0.15) is 0 Å². The lowest BCUT2D eigenvalue weighted by atomic mass is 9.98. The second-order valence-corrected chi connectivity index (χ2v) is 16.5. The van der Waals surface area contributed by atoms with Crippen LogP contribution in [-0.2, 0) is 0 Å². The van der Waals surface area contributed by atoms with E-state index in [0.717, 1.165) is 50.7 Å². The van der Waals surface area contributed by atoms with E-state index in [0.29, 0.717) is 5.82 Å². The third-order valence-corrected chi connectivity index (χ3v) is 12.6. The monoisotopic (exact) mass is 809 g/mol. The van der Waals surface area contributed by atoms with Gasteiger partial charge < -0.3 is 4.90 Å². The van der Waals surface area contributed by atoms with Crippen molar-refractivity contribution < 1.29 is 0 Å². The van der Waals surface area contributed by atoms with Crippen LogP contribution in [0.5, 0.6) is 0 Å². The van der Waals surface area contributed by atoms with Gasteiger partial charge in [-0.15, -0.1) is 11.3 Å². The zero-order chi connectivity index (χ0) is 41.2. The molecular formula is C58H39N3S. The lowest BCUT2D eigenvalue weighted by Crippen LogP contribution is -2.09. The van der Waals surface area contributed by atoms with Gasteiger partial charge in [0.25, 0.3) is 0 Å². The van der Waals surface area contributed by atoms with Gasteiger partial charge in [0.15, 0.2) is 5.82 Å². The van der Waals surface area contributed by atoms with E-state index in [1.807, 2.05) is 23.5 Å². The van der Waals surface area contributed by atoms with Crippen LogP contribution >= 0.6 is 11.3 Å². The van der Waals surface area contributed by atoms with Crippen molar-refractivity contribution in [3.63, 3.8) is 0 Å². The molecular weight excluding hydrogens is 771 g/mol. The molecule has 0 aliphatic carbocycles. The molecule has 2 aromatic heterocycles.